The lowest BCUT2D eigenvalue weighted by molar-refractivity contribution is -0.385. The standard InChI is InChI=1S/C16H13IN2O6/c1-24-15(20)11-5-3-4-8-18(14(11)16(21)25-2)10-6-7-12(17)13(9-10)19(22)23/h3-9H,1-2H3. The summed E-state index contributed by atoms with van der Waals surface area (Å²) in [5.41, 5.74) is 0.0804. The highest BCUT2D eigenvalue weighted by Crippen LogP contribution is 2.31. The van der Waals surface area contributed by atoms with E-state index in [0.717, 1.165) is 0 Å². The van der Waals surface area contributed by atoms with Crippen LogP contribution in [0.1, 0.15) is 0 Å². The van der Waals surface area contributed by atoms with Gasteiger partial charge < -0.3 is 14.4 Å². The van der Waals surface area contributed by atoms with Crippen LogP contribution in [-0.2, 0) is 19.1 Å². The first-order valence-corrected chi connectivity index (χ1v) is 7.97. The maximum atomic E-state index is 12.3. The van der Waals surface area contributed by atoms with Crippen molar-refractivity contribution in [2.75, 3.05) is 19.1 Å². The van der Waals surface area contributed by atoms with Crippen LogP contribution in [-0.4, -0.2) is 31.1 Å². The molecule has 2 rings (SSSR count). The second-order valence-corrected chi connectivity index (χ2v) is 5.87. The molecule has 1 aliphatic heterocycles. The lowest BCUT2D eigenvalue weighted by atomic mass is 10.1. The molecule has 0 N–H and O–H groups in total. The van der Waals surface area contributed by atoms with E-state index in [2.05, 4.69) is 0 Å². The molecule has 130 valence electrons. The second-order valence-electron chi connectivity index (χ2n) is 4.71. The third kappa shape index (κ3) is 3.87. The normalized spacial score (nSPS) is 13.5. The Balaban J connectivity index is 2.69. The monoisotopic (exact) mass is 456 g/mol. The van der Waals surface area contributed by atoms with E-state index in [9.17, 15) is 19.7 Å². The lowest BCUT2D eigenvalue weighted by Gasteiger charge is -2.23. The molecule has 8 nitrogen and oxygen atoms in total. The Labute approximate surface area is 156 Å². The Bertz CT molecular complexity index is 828. The number of benzene rings is 1. The number of nitro groups is 1. The van der Waals surface area contributed by atoms with E-state index >= 15 is 0 Å². The van der Waals surface area contributed by atoms with E-state index in [1.54, 1.807) is 24.3 Å². The van der Waals surface area contributed by atoms with E-state index in [0.29, 0.717) is 9.26 Å². The maximum Gasteiger partial charge on any atom is 0.355 e. The zero-order valence-electron chi connectivity index (χ0n) is 13.3. The van der Waals surface area contributed by atoms with Crippen molar-refractivity contribution in [2.45, 2.75) is 0 Å². The topological polar surface area (TPSA) is 99.0 Å². The highest BCUT2D eigenvalue weighted by Gasteiger charge is 2.28. The highest BCUT2D eigenvalue weighted by atomic mass is 127. The number of anilines is 1. The molecule has 0 saturated heterocycles. The fraction of sp³-hybridized carbons (Fsp3) is 0.125. The van der Waals surface area contributed by atoms with Crippen LogP contribution in [0.25, 0.3) is 0 Å². The first-order chi connectivity index (χ1) is 11.9. The minimum absolute atomic E-state index is 0.0273. The van der Waals surface area contributed by atoms with Gasteiger partial charge in [0.2, 0.25) is 0 Å². The van der Waals surface area contributed by atoms with Gasteiger partial charge in [0, 0.05) is 12.3 Å². The van der Waals surface area contributed by atoms with Crippen LogP contribution >= 0.6 is 22.6 Å². The van der Waals surface area contributed by atoms with Gasteiger partial charge in [-0.25, -0.2) is 9.59 Å². The molecule has 0 bridgehead atoms. The molecule has 0 radical (unpaired) electrons. The van der Waals surface area contributed by atoms with Crippen molar-refractivity contribution in [3.63, 3.8) is 0 Å². The quantitative estimate of drug-likeness (QED) is 0.297. The van der Waals surface area contributed by atoms with Crippen LogP contribution in [0.2, 0.25) is 0 Å². The van der Waals surface area contributed by atoms with Crippen molar-refractivity contribution < 1.29 is 24.0 Å². The largest absolute Gasteiger partial charge is 0.465 e. The number of rotatable bonds is 4. The number of hydrogen-bond donors (Lipinski definition) is 0. The van der Waals surface area contributed by atoms with Gasteiger partial charge in [0.05, 0.1) is 34.0 Å². The molecule has 0 amide bonds. The minimum atomic E-state index is -0.780. The van der Waals surface area contributed by atoms with Gasteiger partial charge in [0.25, 0.3) is 5.69 Å². The summed E-state index contributed by atoms with van der Waals surface area (Å²) in [7, 11) is 2.37. The number of carbonyl (C=O) groups is 2. The number of nitro benzene ring substituents is 1. The number of carbonyl (C=O) groups excluding carboxylic acids is 2. The molecule has 25 heavy (non-hydrogen) atoms. The van der Waals surface area contributed by atoms with Gasteiger partial charge in [-0.3, -0.25) is 10.1 Å². The molecule has 0 fully saturated rings. The van der Waals surface area contributed by atoms with Crippen LogP contribution in [0.15, 0.2) is 53.9 Å². The van der Waals surface area contributed by atoms with E-state index in [1.807, 2.05) is 22.6 Å². The van der Waals surface area contributed by atoms with Gasteiger partial charge in [0.1, 0.15) is 5.70 Å². The van der Waals surface area contributed by atoms with Gasteiger partial charge in [-0.05, 0) is 46.9 Å². The van der Waals surface area contributed by atoms with E-state index < -0.39 is 16.9 Å². The smallest absolute Gasteiger partial charge is 0.355 e. The summed E-state index contributed by atoms with van der Waals surface area (Å²) >= 11 is 1.85. The molecular formula is C16H13IN2O6. The van der Waals surface area contributed by atoms with E-state index in [-0.39, 0.29) is 17.0 Å². The minimum Gasteiger partial charge on any atom is -0.465 e. The Morgan fingerprint density at radius 1 is 1.16 bits per heavy atom. The van der Waals surface area contributed by atoms with Crippen LogP contribution in [0, 0.1) is 13.7 Å². The molecule has 9 heteroatoms. The van der Waals surface area contributed by atoms with Crippen LogP contribution in [0.4, 0.5) is 11.4 Å². The van der Waals surface area contributed by atoms with Crippen LogP contribution in [0.3, 0.4) is 0 Å². The number of methoxy groups -OCH3 is 2. The van der Waals surface area contributed by atoms with Crippen molar-refractivity contribution in [2.24, 2.45) is 0 Å². The van der Waals surface area contributed by atoms with Crippen LogP contribution < -0.4 is 4.90 Å². The number of halogens is 1. The number of hydrogen-bond acceptors (Lipinski definition) is 7. The number of esters is 2. The zero-order chi connectivity index (χ0) is 18.6. The first kappa shape index (κ1) is 18.6. The van der Waals surface area contributed by atoms with Gasteiger partial charge in [-0.2, -0.15) is 0 Å². The van der Waals surface area contributed by atoms with E-state index in [4.69, 9.17) is 9.47 Å². The molecule has 0 aliphatic carbocycles. The molecular weight excluding hydrogens is 443 g/mol. The molecule has 0 unspecified atom stereocenters. The van der Waals surface area contributed by atoms with Gasteiger partial charge in [-0.1, -0.05) is 6.08 Å². The lowest BCUT2D eigenvalue weighted by Crippen LogP contribution is -2.27. The summed E-state index contributed by atoms with van der Waals surface area (Å²) in [6, 6.07) is 4.46. The first-order valence-electron chi connectivity index (χ1n) is 6.89. The van der Waals surface area contributed by atoms with E-state index in [1.165, 1.54) is 37.5 Å². The average molecular weight is 456 g/mol. The number of ether oxygens (including phenoxy) is 2. The molecule has 1 aliphatic rings. The SMILES string of the molecule is COC(=O)C1=C(C(=O)OC)N(c2ccc(I)c([N+](=O)[O-])c2)C=CC=C1. The number of nitrogens with zero attached hydrogens (tertiary/aromatic N) is 2. The van der Waals surface area contributed by atoms with Gasteiger partial charge in [-0.15, -0.1) is 0 Å². The Kier molecular flexibility index (Phi) is 5.91. The van der Waals surface area contributed by atoms with Gasteiger partial charge in [0.15, 0.2) is 0 Å². The molecule has 0 aromatic heterocycles. The predicted octanol–water partition coefficient (Wildman–Crippen LogP) is 2.69. The molecule has 1 aromatic rings. The van der Waals surface area contributed by atoms with Crippen molar-refractivity contribution in [1.82, 2.24) is 0 Å². The van der Waals surface area contributed by atoms with Crippen molar-refractivity contribution >= 4 is 45.9 Å². The second kappa shape index (κ2) is 7.92. The summed E-state index contributed by atoms with van der Waals surface area (Å²) in [6.45, 7) is 0. The molecule has 1 aromatic carbocycles. The predicted molar refractivity (Wildman–Crippen MR) is 97.6 cm³/mol. The Hall–Kier alpha value is -2.69. The summed E-state index contributed by atoms with van der Waals surface area (Å²) < 4.78 is 9.93. The van der Waals surface area contributed by atoms with Crippen molar-refractivity contribution in [1.29, 1.82) is 0 Å². The Morgan fingerprint density at radius 2 is 1.84 bits per heavy atom. The van der Waals surface area contributed by atoms with Crippen LogP contribution in [0.5, 0.6) is 0 Å². The average Bonchev–Trinajstić information content (AvgIpc) is 2.83. The fourth-order valence-electron chi connectivity index (χ4n) is 2.16. The molecule has 0 atom stereocenters. The molecule has 1 heterocycles. The highest BCUT2D eigenvalue weighted by molar-refractivity contribution is 14.1. The molecule has 0 spiro atoms. The van der Waals surface area contributed by atoms with Crippen molar-refractivity contribution in [3.05, 3.63) is 67.6 Å². The summed E-state index contributed by atoms with van der Waals surface area (Å²) in [5, 5.41) is 11.2. The zero-order valence-corrected chi connectivity index (χ0v) is 15.4. The summed E-state index contributed by atoms with van der Waals surface area (Å²) in [4.78, 5) is 36.4. The molecule has 0 saturated carbocycles. The third-order valence-corrected chi connectivity index (χ3v) is 4.21. The third-order valence-electron chi connectivity index (χ3n) is 3.29. The summed E-state index contributed by atoms with van der Waals surface area (Å²) in [5.74, 6) is -1.51. The van der Waals surface area contributed by atoms with Crippen molar-refractivity contribution in [3.8, 4) is 0 Å². The summed E-state index contributed by atoms with van der Waals surface area (Å²) in [6.07, 6.45) is 6.05. The number of allylic oxidation sites excluding steroid dienone is 2. The Morgan fingerprint density at radius 3 is 2.44 bits per heavy atom. The maximum absolute atomic E-state index is 12.3. The van der Waals surface area contributed by atoms with Gasteiger partial charge >= 0.3 is 11.9 Å². The fourth-order valence-corrected chi connectivity index (χ4v) is 2.69.